The highest BCUT2D eigenvalue weighted by Crippen LogP contribution is 2.32. The molecule has 1 rings (SSSR count). The summed E-state index contributed by atoms with van der Waals surface area (Å²) < 4.78 is 51.4. The second kappa shape index (κ2) is 8.25. The van der Waals surface area contributed by atoms with E-state index in [9.17, 15) is 17.6 Å². The van der Waals surface area contributed by atoms with Gasteiger partial charge in [-0.3, -0.25) is 0 Å². The minimum atomic E-state index is -4.45. The monoisotopic (exact) mass is 305 g/mol. The zero-order chi connectivity index (χ0) is 15.9. The van der Waals surface area contributed by atoms with Crippen molar-refractivity contribution in [1.29, 1.82) is 0 Å². The highest BCUT2D eigenvalue weighted by atomic mass is 19.4. The fourth-order valence-corrected chi connectivity index (χ4v) is 2.20. The first-order valence-electron chi connectivity index (χ1n) is 7.48. The van der Waals surface area contributed by atoms with E-state index >= 15 is 0 Å². The zero-order valence-electron chi connectivity index (χ0n) is 12.6. The Hall–Kier alpha value is -1.26. The highest BCUT2D eigenvalue weighted by molar-refractivity contribution is 5.48. The first-order chi connectivity index (χ1) is 9.84. The number of anilines is 1. The maximum Gasteiger partial charge on any atom is 0.416 e. The molecule has 0 bridgehead atoms. The van der Waals surface area contributed by atoms with E-state index in [1.807, 2.05) is 6.92 Å². The van der Waals surface area contributed by atoms with Gasteiger partial charge in [0.05, 0.1) is 11.3 Å². The second-order valence-corrected chi connectivity index (χ2v) is 5.44. The molecular formula is C16H23F4N. The summed E-state index contributed by atoms with van der Waals surface area (Å²) in [6, 6.07) is 2.41. The average molecular weight is 305 g/mol. The number of rotatable bonds is 8. The fourth-order valence-electron chi connectivity index (χ4n) is 2.20. The number of nitrogens with one attached hydrogen (secondary N) is 1. The molecule has 0 aromatic heterocycles. The van der Waals surface area contributed by atoms with Gasteiger partial charge in [-0.05, 0) is 31.5 Å². The minimum Gasteiger partial charge on any atom is -0.380 e. The molecule has 0 heterocycles. The third-order valence-electron chi connectivity index (χ3n) is 3.44. The van der Waals surface area contributed by atoms with E-state index in [0.717, 1.165) is 37.5 Å². The van der Waals surface area contributed by atoms with Gasteiger partial charge in [0.25, 0.3) is 0 Å². The van der Waals surface area contributed by atoms with Gasteiger partial charge in [-0.2, -0.15) is 13.2 Å². The van der Waals surface area contributed by atoms with Crippen molar-refractivity contribution in [2.75, 3.05) is 5.32 Å². The van der Waals surface area contributed by atoms with Crippen LogP contribution in [0.15, 0.2) is 18.2 Å². The van der Waals surface area contributed by atoms with Gasteiger partial charge in [-0.1, -0.05) is 39.0 Å². The lowest BCUT2D eigenvalue weighted by Gasteiger charge is -2.17. The predicted octanol–water partition coefficient (Wildman–Crippen LogP) is 6.01. The van der Waals surface area contributed by atoms with Gasteiger partial charge >= 0.3 is 6.18 Å². The molecule has 0 radical (unpaired) electrons. The van der Waals surface area contributed by atoms with Crippen molar-refractivity contribution in [2.45, 2.75) is 64.6 Å². The van der Waals surface area contributed by atoms with E-state index in [4.69, 9.17) is 0 Å². The van der Waals surface area contributed by atoms with Gasteiger partial charge in [0, 0.05) is 6.04 Å². The Kier molecular flexibility index (Phi) is 6.99. The second-order valence-electron chi connectivity index (χ2n) is 5.44. The van der Waals surface area contributed by atoms with Crippen molar-refractivity contribution >= 4 is 5.69 Å². The van der Waals surface area contributed by atoms with Crippen molar-refractivity contribution in [3.8, 4) is 0 Å². The number of unbranched alkanes of at least 4 members (excludes halogenated alkanes) is 4. The number of halogens is 4. The van der Waals surface area contributed by atoms with Crippen LogP contribution in [0.1, 0.15) is 57.9 Å². The van der Waals surface area contributed by atoms with E-state index in [2.05, 4.69) is 12.2 Å². The third kappa shape index (κ3) is 6.36. The largest absolute Gasteiger partial charge is 0.416 e. The molecule has 1 nitrogen and oxygen atoms in total. The molecule has 0 spiro atoms. The van der Waals surface area contributed by atoms with Gasteiger partial charge in [-0.15, -0.1) is 0 Å². The Labute approximate surface area is 123 Å². The van der Waals surface area contributed by atoms with Crippen LogP contribution < -0.4 is 5.32 Å². The van der Waals surface area contributed by atoms with Crippen LogP contribution in [0.3, 0.4) is 0 Å². The molecule has 0 saturated carbocycles. The summed E-state index contributed by atoms with van der Waals surface area (Å²) in [5.41, 5.74) is -0.910. The highest BCUT2D eigenvalue weighted by Gasteiger charge is 2.31. The van der Waals surface area contributed by atoms with Gasteiger partial charge in [0.1, 0.15) is 5.82 Å². The van der Waals surface area contributed by atoms with Gasteiger partial charge in [0.2, 0.25) is 0 Å². The number of alkyl halides is 3. The first kappa shape index (κ1) is 17.8. The molecule has 120 valence electrons. The molecule has 1 aromatic carbocycles. The minimum absolute atomic E-state index is 0.0513. The molecule has 0 aliphatic heterocycles. The van der Waals surface area contributed by atoms with Crippen LogP contribution in [-0.2, 0) is 6.18 Å². The fraction of sp³-hybridized carbons (Fsp3) is 0.625. The van der Waals surface area contributed by atoms with Crippen molar-refractivity contribution in [3.05, 3.63) is 29.6 Å². The van der Waals surface area contributed by atoms with E-state index in [1.165, 1.54) is 19.3 Å². The van der Waals surface area contributed by atoms with Gasteiger partial charge < -0.3 is 5.32 Å². The molecule has 1 aromatic rings. The smallest absolute Gasteiger partial charge is 0.380 e. The third-order valence-corrected chi connectivity index (χ3v) is 3.44. The molecule has 1 N–H and O–H groups in total. The van der Waals surface area contributed by atoms with Crippen LogP contribution in [0, 0.1) is 5.82 Å². The molecule has 0 aliphatic carbocycles. The van der Waals surface area contributed by atoms with Crippen LogP contribution >= 0.6 is 0 Å². The van der Waals surface area contributed by atoms with E-state index in [0.29, 0.717) is 0 Å². The normalized spacial score (nSPS) is 13.2. The van der Waals surface area contributed by atoms with Crippen LogP contribution in [0.25, 0.3) is 0 Å². The summed E-state index contributed by atoms with van der Waals surface area (Å²) in [5.74, 6) is -0.652. The molecule has 1 unspecified atom stereocenters. The molecule has 0 amide bonds. The summed E-state index contributed by atoms with van der Waals surface area (Å²) in [6.45, 7) is 4.00. The van der Waals surface area contributed by atoms with Crippen LogP contribution in [-0.4, -0.2) is 6.04 Å². The van der Waals surface area contributed by atoms with Crippen molar-refractivity contribution in [3.63, 3.8) is 0 Å². The van der Waals surface area contributed by atoms with Crippen LogP contribution in [0.4, 0.5) is 23.2 Å². The Morgan fingerprint density at radius 1 is 1.10 bits per heavy atom. The lowest BCUT2D eigenvalue weighted by atomic mass is 10.1. The number of benzene rings is 1. The molecular weight excluding hydrogens is 282 g/mol. The lowest BCUT2D eigenvalue weighted by Crippen LogP contribution is -2.17. The number of hydrogen-bond acceptors (Lipinski definition) is 1. The molecule has 21 heavy (non-hydrogen) atoms. The summed E-state index contributed by atoms with van der Waals surface area (Å²) >= 11 is 0. The summed E-state index contributed by atoms with van der Waals surface area (Å²) in [5, 5.41) is 2.84. The van der Waals surface area contributed by atoms with Crippen molar-refractivity contribution in [2.24, 2.45) is 0 Å². The molecule has 0 fully saturated rings. The van der Waals surface area contributed by atoms with Crippen molar-refractivity contribution in [1.82, 2.24) is 0 Å². The molecule has 5 heteroatoms. The Bertz CT molecular complexity index is 429. The Morgan fingerprint density at radius 2 is 1.76 bits per heavy atom. The Balaban J connectivity index is 2.53. The lowest BCUT2D eigenvalue weighted by molar-refractivity contribution is -0.137. The standard InChI is InChI=1S/C16H23F4N/c1-3-4-5-6-7-8-12(2)21-15-11-13(16(18,19)20)9-10-14(15)17/h9-12,21H,3-8H2,1-2H3. The van der Waals surface area contributed by atoms with E-state index in [-0.39, 0.29) is 11.7 Å². The first-order valence-corrected chi connectivity index (χ1v) is 7.48. The van der Waals surface area contributed by atoms with Crippen LogP contribution in [0.5, 0.6) is 0 Å². The van der Waals surface area contributed by atoms with Gasteiger partial charge in [0.15, 0.2) is 0 Å². The number of hydrogen-bond donors (Lipinski definition) is 1. The summed E-state index contributed by atoms with van der Waals surface area (Å²) in [6.07, 6.45) is 2.00. The van der Waals surface area contributed by atoms with E-state index in [1.54, 1.807) is 0 Å². The molecule has 0 saturated heterocycles. The average Bonchev–Trinajstić information content (AvgIpc) is 2.40. The van der Waals surface area contributed by atoms with E-state index < -0.39 is 17.6 Å². The maximum absolute atomic E-state index is 13.6. The maximum atomic E-state index is 13.6. The van der Waals surface area contributed by atoms with Crippen LogP contribution in [0.2, 0.25) is 0 Å². The predicted molar refractivity (Wildman–Crippen MR) is 77.9 cm³/mol. The quantitative estimate of drug-likeness (QED) is 0.458. The zero-order valence-corrected chi connectivity index (χ0v) is 12.6. The summed E-state index contributed by atoms with van der Waals surface area (Å²) in [4.78, 5) is 0. The van der Waals surface area contributed by atoms with Crippen molar-refractivity contribution < 1.29 is 17.6 Å². The Morgan fingerprint density at radius 3 is 2.38 bits per heavy atom. The van der Waals surface area contributed by atoms with Gasteiger partial charge in [-0.25, -0.2) is 4.39 Å². The molecule has 1 atom stereocenters. The molecule has 0 aliphatic rings. The topological polar surface area (TPSA) is 12.0 Å². The SMILES string of the molecule is CCCCCCCC(C)Nc1cc(C(F)(F)F)ccc1F. The summed E-state index contributed by atoms with van der Waals surface area (Å²) in [7, 11) is 0.